The van der Waals surface area contributed by atoms with Gasteiger partial charge in [-0.05, 0) is 13.2 Å². The first-order chi connectivity index (χ1) is 11.8. The molecule has 27 heavy (non-hydrogen) atoms. The number of aliphatic hydroxyl groups excluding tert-OH is 1. The van der Waals surface area contributed by atoms with Crippen molar-refractivity contribution in [3.8, 4) is 0 Å². The Morgan fingerprint density at radius 3 is 2.37 bits per heavy atom. The van der Waals surface area contributed by atoms with Gasteiger partial charge in [0.2, 0.25) is 0 Å². The average molecular weight is 382 g/mol. The number of H-pyrrole nitrogens is 1. The monoisotopic (exact) mass is 382 g/mol. The number of benzene rings is 1. The summed E-state index contributed by atoms with van der Waals surface area (Å²) in [7, 11) is -4.89. The van der Waals surface area contributed by atoms with Crippen molar-refractivity contribution in [3.63, 3.8) is 0 Å². The fourth-order valence-electron chi connectivity index (χ4n) is 2.21. The molecule has 0 saturated heterocycles. The maximum absolute atomic E-state index is 11.9. The van der Waals surface area contributed by atoms with Gasteiger partial charge in [-0.2, -0.15) is 0 Å². The molecule has 0 amide bonds. The van der Waals surface area contributed by atoms with E-state index in [-0.39, 0.29) is 50.7 Å². The SMILES string of the molecule is O=c1[nH]c(=O)n(C[C@@H](CO)OCP(=O)([O-])[O-])cc1Cc1ccccc1.[Li+].[Li+]. The molecule has 0 aliphatic carbocycles. The van der Waals surface area contributed by atoms with Gasteiger partial charge in [0, 0.05) is 18.2 Å². The number of nitrogens with zero attached hydrogens (tertiary/aromatic N) is 1. The minimum atomic E-state index is -4.89. The second kappa shape index (κ2) is 11.9. The largest absolute Gasteiger partial charge is 1.00 e. The average Bonchev–Trinajstić information content (AvgIpc) is 2.55. The van der Waals surface area contributed by atoms with Crippen LogP contribution in [0.2, 0.25) is 0 Å². The van der Waals surface area contributed by atoms with Gasteiger partial charge in [0.15, 0.2) is 0 Å². The van der Waals surface area contributed by atoms with E-state index in [1.165, 1.54) is 6.20 Å². The van der Waals surface area contributed by atoms with Crippen LogP contribution >= 0.6 is 7.60 Å². The number of aromatic nitrogens is 2. The topological polar surface area (TPSA) is 148 Å². The smallest absolute Gasteiger partial charge is 0.809 e. The van der Waals surface area contributed by atoms with Gasteiger partial charge in [0.05, 0.1) is 25.6 Å². The molecule has 2 N–H and O–H groups in total. The second-order valence-electron chi connectivity index (χ2n) is 5.44. The molecule has 0 aliphatic rings. The predicted octanol–water partition coefficient (Wildman–Crippen LogP) is -7.62. The van der Waals surface area contributed by atoms with Gasteiger partial charge in [0.1, 0.15) is 0 Å². The standard InChI is InChI=1S/C15H19N2O7P.2Li/c18-9-13(24-10-25(21,22)23)8-17-7-12(14(19)16-15(17)20)6-11-4-2-1-3-5-11;;/h1-5,7,13,18H,6,8-10H2,(H,16,19,20)(H2,21,22,23);;/q;2*+1/p-2/t13-;;/m0../s1. The summed E-state index contributed by atoms with van der Waals surface area (Å²) in [5.41, 5.74) is -0.0703. The number of aromatic amines is 1. The zero-order chi connectivity index (χ0) is 18.4. The molecule has 1 atom stereocenters. The van der Waals surface area contributed by atoms with Crippen LogP contribution in [-0.2, 0) is 22.3 Å². The van der Waals surface area contributed by atoms with Crippen molar-refractivity contribution in [2.45, 2.75) is 19.1 Å². The number of aliphatic hydroxyl groups is 1. The Kier molecular flexibility index (Phi) is 11.5. The van der Waals surface area contributed by atoms with Crippen molar-refractivity contribution < 1.29 is 61.9 Å². The number of hydrogen-bond acceptors (Lipinski definition) is 7. The van der Waals surface area contributed by atoms with Crippen LogP contribution in [0.4, 0.5) is 0 Å². The summed E-state index contributed by atoms with van der Waals surface area (Å²) in [4.78, 5) is 47.2. The first-order valence-electron chi connectivity index (χ1n) is 7.38. The molecule has 1 aromatic carbocycles. The van der Waals surface area contributed by atoms with Crippen molar-refractivity contribution in [2.24, 2.45) is 0 Å². The fraction of sp³-hybridized carbons (Fsp3) is 0.333. The van der Waals surface area contributed by atoms with Crippen molar-refractivity contribution in [1.82, 2.24) is 9.55 Å². The van der Waals surface area contributed by atoms with Crippen molar-refractivity contribution >= 4 is 7.60 Å². The van der Waals surface area contributed by atoms with Gasteiger partial charge >= 0.3 is 43.4 Å². The first kappa shape index (κ1) is 26.2. The molecule has 1 heterocycles. The third kappa shape index (κ3) is 8.80. The summed E-state index contributed by atoms with van der Waals surface area (Å²) >= 11 is 0. The van der Waals surface area contributed by atoms with Crippen LogP contribution in [0.3, 0.4) is 0 Å². The molecule has 0 aliphatic heterocycles. The van der Waals surface area contributed by atoms with Crippen LogP contribution in [0.1, 0.15) is 11.1 Å². The molecule has 0 spiro atoms. The Balaban J connectivity index is 0.00000338. The van der Waals surface area contributed by atoms with Crippen LogP contribution in [0, 0.1) is 0 Å². The van der Waals surface area contributed by atoms with Gasteiger partial charge in [0.25, 0.3) is 5.56 Å². The summed E-state index contributed by atoms with van der Waals surface area (Å²) in [6.07, 6.45) is -0.553. The van der Waals surface area contributed by atoms with Gasteiger partial charge in [-0.15, -0.1) is 0 Å². The molecule has 0 bridgehead atoms. The van der Waals surface area contributed by atoms with Crippen LogP contribution < -0.4 is 58.8 Å². The maximum Gasteiger partial charge on any atom is 1.00 e. The fourth-order valence-corrected chi connectivity index (χ4v) is 2.60. The van der Waals surface area contributed by atoms with E-state index >= 15 is 0 Å². The van der Waals surface area contributed by atoms with E-state index in [0.29, 0.717) is 5.56 Å². The van der Waals surface area contributed by atoms with Crippen molar-refractivity contribution in [2.75, 3.05) is 13.0 Å². The molecule has 2 rings (SSSR count). The number of ether oxygens (including phenoxy) is 1. The molecule has 1 aromatic heterocycles. The number of nitrogens with one attached hydrogen (secondary N) is 1. The Labute approximate surface area is 179 Å². The molecule has 0 fully saturated rings. The van der Waals surface area contributed by atoms with E-state index in [1.54, 1.807) is 0 Å². The summed E-state index contributed by atoms with van der Waals surface area (Å²) < 4.78 is 16.5. The summed E-state index contributed by atoms with van der Waals surface area (Å²) in [6, 6.07) is 9.13. The molecular formula is C15H17Li2N2O7P. The Hall–Kier alpha value is -0.835. The van der Waals surface area contributed by atoms with Gasteiger partial charge in [-0.3, -0.25) is 14.3 Å². The van der Waals surface area contributed by atoms with Crippen LogP contribution in [0.5, 0.6) is 0 Å². The second-order valence-corrected chi connectivity index (χ2v) is 6.92. The Morgan fingerprint density at radius 1 is 1.19 bits per heavy atom. The zero-order valence-electron chi connectivity index (χ0n) is 15.2. The molecule has 2 aromatic rings. The van der Waals surface area contributed by atoms with E-state index in [2.05, 4.69) is 4.98 Å². The maximum atomic E-state index is 11.9. The van der Waals surface area contributed by atoms with Crippen LogP contribution in [-0.4, -0.2) is 33.7 Å². The molecule has 0 unspecified atom stereocenters. The first-order valence-corrected chi connectivity index (χ1v) is 9.11. The molecule has 9 nitrogen and oxygen atoms in total. The Bertz CT molecular complexity index is 866. The van der Waals surface area contributed by atoms with Gasteiger partial charge < -0.3 is 24.2 Å². The quantitative estimate of drug-likeness (QED) is 0.340. The Morgan fingerprint density at radius 2 is 1.81 bits per heavy atom. The molecule has 0 saturated carbocycles. The summed E-state index contributed by atoms with van der Waals surface area (Å²) in [5, 5.41) is 9.23. The molecule has 12 heteroatoms. The van der Waals surface area contributed by atoms with Gasteiger partial charge in [-0.25, -0.2) is 4.79 Å². The van der Waals surface area contributed by atoms with E-state index in [1.807, 2.05) is 30.3 Å². The predicted molar refractivity (Wildman–Crippen MR) is 85.0 cm³/mol. The van der Waals surface area contributed by atoms with E-state index in [4.69, 9.17) is 4.74 Å². The normalized spacial score (nSPS) is 12.0. The van der Waals surface area contributed by atoms with E-state index in [9.17, 15) is 29.0 Å². The molecular weight excluding hydrogens is 365 g/mol. The van der Waals surface area contributed by atoms with E-state index < -0.39 is 37.9 Å². The number of hydrogen-bond donors (Lipinski definition) is 2. The van der Waals surface area contributed by atoms with Crippen LogP contribution in [0.25, 0.3) is 0 Å². The minimum Gasteiger partial charge on any atom is -0.809 e. The third-order valence-electron chi connectivity index (χ3n) is 3.39. The van der Waals surface area contributed by atoms with Crippen LogP contribution in [0.15, 0.2) is 46.1 Å². The zero-order valence-corrected chi connectivity index (χ0v) is 16.1. The minimum absolute atomic E-state index is 0. The van der Waals surface area contributed by atoms with Crippen molar-refractivity contribution in [1.29, 1.82) is 0 Å². The van der Waals surface area contributed by atoms with Crippen molar-refractivity contribution in [3.05, 3.63) is 68.5 Å². The third-order valence-corrected chi connectivity index (χ3v) is 3.86. The van der Waals surface area contributed by atoms with E-state index in [0.717, 1.165) is 10.1 Å². The molecule has 136 valence electrons. The van der Waals surface area contributed by atoms with Gasteiger partial charge in [-0.1, -0.05) is 30.3 Å². The summed E-state index contributed by atoms with van der Waals surface area (Å²) in [5.74, 6) is 0. The molecule has 0 radical (unpaired) electrons. The summed E-state index contributed by atoms with van der Waals surface area (Å²) in [6.45, 7) is -0.812. The number of rotatable bonds is 8.